The Kier molecular flexibility index (Phi) is 4.25. The number of benzene rings is 1. The van der Waals surface area contributed by atoms with E-state index in [9.17, 15) is 9.59 Å². The van der Waals surface area contributed by atoms with Crippen molar-refractivity contribution in [3.8, 4) is 0 Å². The van der Waals surface area contributed by atoms with Crippen molar-refractivity contribution in [3.63, 3.8) is 0 Å². The highest BCUT2D eigenvalue weighted by Crippen LogP contribution is 2.24. The Labute approximate surface area is 133 Å². The summed E-state index contributed by atoms with van der Waals surface area (Å²) >= 11 is 5.88. The van der Waals surface area contributed by atoms with Gasteiger partial charge in [0.05, 0.1) is 5.52 Å². The van der Waals surface area contributed by atoms with E-state index in [0.29, 0.717) is 22.0 Å². The predicted molar refractivity (Wildman–Crippen MR) is 85.0 cm³/mol. The van der Waals surface area contributed by atoms with Crippen LogP contribution in [0.15, 0.2) is 27.4 Å². The van der Waals surface area contributed by atoms with Gasteiger partial charge in [0, 0.05) is 17.1 Å². The number of halogens is 1. The maximum absolute atomic E-state index is 12.2. The van der Waals surface area contributed by atoms with E-state index in [2.05, 4.69) is 12.2 Å². The molecule has 1 heterocycles. The Morgan fingerprint density at radius 2 is 2.18 bits per heavy atom. The van der Waals surface area contributed by atoms with Gasteiger partial charge < -0.3 is 9.73 Å². The lowest BCUT2D eigenvalue weighted by Gasteiger charge is -2.29. The standard InChI is InChI=1S/C16H19ClN2O3/c1-10-4-2-3-5-12(10)18-15(20)9-19-13-7-6-11(17)8-14(13)22-16(19)21/h6-8,10,12H,2-5,9H2,1H3,(H,18,20)/t10-,12+/m0/s1. The first kappa shape index (κ1) is 15.2. The third-order valence-electron chi connectivity index (χ3n) is 4.39. The van der Waals surface area contributed by atoms with Gasteiger partial charge in [-0.25, -0.2) is 4.79 Å². The molecule has 2 atom stereocenters. The molecule has 1 saturated carbocycles. The van der Waals surface area contributed by atoms with E-state index in [-0.39, 0.29) is 18.5 Å². The lowest BCUT2D eigenvalue weighted by Crippen LogP contribution is -2.43. The monoisotopic (exact) mass is 322 g/mol. The molecule has 1 aromatic heterocycles. The van der Waals surface area contributed by atoms with Gasteiger partial charge in [-0.1, -0.05) is 31.4 Å². The van der Waals surface area contributed by atoms with E-state index < -0.39 is 5.76 Å². The predicted octanol–water partition coefficient (Wildman–Crippen LogP) is 2.94. The molecule has 0 bridgehead atoms. The first-order valence-corrected chi connectivity index (χ1v) is 8.00. The van der Waals surface area contributed by atoms with Crippen LogP contribution in [0.1, 0.15) is 32.6 Å². The zero-order valence-electron chi connectivity index (χ0n) is 12.5. The molecule has 1 aliphatic carbocycles. The summed E-state index contributed by atoms with van der Waals surface area (Å²) in [5.74, 6) is -0.211. The third-order valence-corrected chi connectivity index (χ3v) is 4.62. The zero-order valence-corrected chi connectivity index (χ0v) is 13.2. The molecule has 1 aliphatic rings. The molecule has 1 amide bonds. The summed E-state index contributed by atoms with van der Waals surface area (Å²) in [6.07, 6.45) is 4.50. The summed E-state index contributed by atoms with van der Waals surface area (Å²) in [7, 11) is 0. The summed E-state index contributed by atoms with van der Waals surface area (Å²) in [6.45, 7) is 2.13. The second kappa shape index (κ2) is 6.16. The van der Waals surface area contributed by atoms with Crippen LogP contribution in [0.4, 0.5) is 0 Å². The number of hydrogen-bond acceptors (Lipinski definition) is 3. The molecule has 1 N–H and O–H groups in total. The van der Waals surface area contributed by atoms with Crippen molar-refractivity contribution in [1.29, 1.82) is 0 Å². The second-order valence-electron chi connectivity index (χ2n) is 6.00. The molecule has 118 valence electrons. The van der Waals surface area contributed by atoms with Crippen LogP contribution >= 0.6 is 11.6 Å². The van der Waals surface area contributed by atoms with Crippen molar-refractivity contribution in [1.82, 2.24) is 9.88 Å². The molecule has 1 fully saturated rings. The van der Waals surface area contributed by atoms with Crippen LogP contribution in [0, 0.1) is 5.92 Å². The van der Waals surface area contributed by atoms with Crippen LogP contribution < -0.4 is 11.1 Å². The molecule has 0 radical (unpaired) electrons. The Bertz CT molecular complexity index is 749. The van der Waals surface area contributed by atoms with Gasteiger partial charge in [0.2, 0.25) is 5.91 Å². The number of hydrogen-bond donors (Lipinski definition) is 1. The Morgan fingerprint density at radius 1 is 1.41 bits per heavy atom. The van der Waals surface area contributed by atoms with Gasteiger partial charge in [0.1, 0.15) is 6.54 Å². The van der Waals surface area contributed by atoms with E-state index in [0.717, 1.165) is 19.3 Å². The van der Waals surface area contributed by atoms with Crippen molar-refractivity contribution in [3.05, 3.63) is 33.8 Å². The van der Waals surface area contributed by atoms with Crippen molar-refractivity contribution in [2.45, 2.75) is 45.2 Å². The Hall–Kier alpha value is -1.75. The maximum Gasteiger partial charge on any atom is 0.420 e. The Morgan fingerprint density at radius 3 is 2.95 bits per heavy atom. The van der Waals surface area contributed by atoms with Gasteiger partial charge in [-0.15, -0.1) is 0 Å². The highest BCUT2D eigenvalue weighted by Gasteiger charge is 2.23. The molecule has 2 aromatic rings. The van der Waals surface area contributed by atoms with Crippen molar-refractivity contribution < 1.29 is 9.21 Å². The highest BCUT2D eigenvalue weighted by atomic mass is 35.5. The number of rotatable bonds is 3. The molecule has 0 aliphatic heterocycles. The van der Waals surface area contributed by atoms with Crippen LogP contribution in [-0.2, 0) is 11.3 Å². The molecule has 0 unspecified atom stereocenters. The molecule has 3 rings (SSSR count). The third kappa shape index (κ3) is 3.04. The van der Waals surface area contributed by atoms with Gasteiger partial charge in [-0.2, -0.15) is 0 Å². The van der Waals surface area contributed by atoms with E-state index in [4.69, 9.17) is 16.0 Å². The van der Waals surface area contributed by atoms with E-state index in [1.165, 1.54) is 11.0 Å². The van der Waals surface area contributed by atoms with Crippen LogP contribution in [0.25, 0.3) is 11.1 Å². The number of fused-ring (bicyclic) bond motifs is 1. The largest absolute Gasteiger partial charge is 0.420 e. The SMILES string of the molecule is C[C@H]1CCCC[C@H]1NC(=O)Cn1c(=O)oc2cc(Cl)ccc21. The fraction of sp³-hybridized carbons (Fsp3) is 0.500. The highest BCUT2D eigenvalue weighted by molar-refractivity contribution is 6.31. The number of aromatic nitrogens is 1. The summed E-state index contributed by atoms with van der Waals surface area (Å²) in [6, 6.07) is 5.15. The molecule has 0 spiro atoms. The minimum Gasteiger partial charge on any atom is -0.408 e. The lowest BCUT2D eigenvalue weighted by molar-refractivity contribution is -0.123. The first-order chi connectivity index (χ1) is 10.5. The number of nitrogens with one attached hydrogen (secondary N) is 1. The topological polar surface area (TPSA) is 64.2 Å². The maximum atomic E-state index is 12.2. The summed E-state index contributed by atoms with van der Waals surface area (Å²) in [5, 5.41) is 3.54. The van der Waals surface area contributed by atoms with Gasteiger partial charge >= 0.3 is 5.76 Å². The molecular weight excluding hydrogens is 304 g/mol. The van der Waals surface area contributed by atoms with Crippen LogP contribution in [0.3, 0.4) is 0 Å². The average molecular weight is 323 g/mol. The fourth-order valence-electron chi connectivity index (χ4n) is 3.12. The zero-order chi connectivity index (χ0) is 15.7. The minimum absolute atomic E-state index is 0.0311. The molecule has 6 heteroatoms. The second-order valence-corrected chi connectivity index (χ2v) is 6.44. The van der Waals surface area contributed by atoms with Crippen LogP contribution in [-0.4, -0.2) is 16.5 Å². The van der Waals surface area contributed by atoms with Crippen LogP contribution in [0.5, 0.6) is 0 Å². The summed E-state index contributed by atoms with van der Waals surface area (Å²) < 4.78 is 6.48. The molecule has 1 aromatic carbocycles. The van der Waals surface area contributed by atoms with Gasteiger partial charge in [0.15, 0.2) is 5.58 Å². The van der Waals surface area contributed by atoms with Crippen molar-refractivity contribution in [2.24, 2.45) is 5.92 Å². The first-order valence-electron chi connectivity index (χ1n) is 7.63. The van der Waals surface area contributed by atoms with Crippen molar-refractivity contribution >= 4 is 28.6 Å². The van der Waals surface area contributed by atoms with Gasteiger partial charge in [0.25, 0.3) is 0 Å². The minimum atomic E-state index is -0.538. The summed E-state index contributed by atoms with van der Waals surface area (Å²) in [4.78, 5) is 24.2. The van der Waals surface area contributed by atoms with E-state index >= 15 is 0 Å². The lowest BCUT2D eigenvalue weighted by atomic mass is 9.86. The van der Waals surface area contributed by atoms with Gasteiger partial charge in [-0.05, 0) is 30.9 Å². The number of amides is 1. The normalized spacial score (nSPS) is 21.9. The fourth-order valence-corrected chi connectivity index (χ4v) is 3.28. The van der Waals surface area contributed by atoms with E-state index in [1.807, 2.05) is 0 Å². The van der Waals surface area contributed by atoms with Crippen molar-refractivity contribution in [2.75, 3.05) is 0 Å². The number of oxazole rings is 1. The smallest absolute Gasteiger partial charge is 0.408 e. The number of nitrogens with zero attached hydrogens (tertiary/aromatic N) is 1. The number of carbonyl (C=O) groups excluding carboxylic acids is 1. The quantitative estimate of drug-likeness (QED) is 0.945. The molecule has 22 heavy (non-hydrogen) atoms. The summed E-state index contributed by atoms with van der Waals surface area (Å²) in [5.41, 5.74) is 0.984. The van der Waals surface area contributed by atoms with Crippen LogP contribution in [0.2, 0.25) is 5.02 Å². The van der Waals surface area contributed by atoms with Gasteiger partial charge in [-0.3, -0.25) is 9.36 Å². The molecule has 5 nitrogen and oxygen atoms in total. The number of carbonyl (C=O) groups is 1. The Balaban J connectivity index is 1.76. The molecule has 0 saturated heterocycles. The average Bonchev–Trinajstić information content (AvgIpc) is 2.77. The van der Waals surface area contributed by atoms with E-state index in [1.54, 1.807) is 18.2 Å². The molecular formula is C16H19ClN2O3.